The molecule has 1 aliphatic heterocycles. The van der Waals surface area contributed by atoms with Gasteiger partial charge in [0, 0.05) is 0 Å². The Morgan fingerprint density at radius 1 is 1.00 bits per heavy atom. The zero-order chi connectivity index (χ0) is 21.8. The molecule has 160 valence electrons. The Bertz CT molecular complexity index is 1200. The third kappa shape index (κ3) is 4.92. The van der Waals surface area contributed by atoms with Gasteiger partial charge in [-0.2, -0.15) is 0 Å². The zero-order valence-electron chi connectivity index (χ0n) is 16.2. The fourth-order valence-corrected chi connectivity index (χ4v) is 4.38. The van der Waals surface area contributed by atoms with Gasteiger partial charge in [-0.1, -0.05) is 41.9 Å². The van der Waals surface area contributed by atoms with E-state index in [9.17, 15) is 13.2 Å². The van der Waals surface area contributed by atoms with E-state index in [2.05, 4.69) is 10.0 Å². The molecule has 0 fully saturated rings. The topological polar surface area (TPSA) is 93.7 Å². The molecule has 1 unspecified atom stereocenters. The number of hydrogen-bond acceptors (Lipinski definition) is 5. The second-order valence-electron chi connectivity index (χ2n) is 6.82. The lowest BCUT2D eigenvalue weighted by molar-refractivity contribution is 0.0789. The molecule has 3 aromatic rings. The summed E-state index contributed by atoms with van der Waals surface area (Å²) in [4.78, 5) is 12.7. The number of carbonyl (C=O) groups is 1. The van der Waals surface area contributed by atoms with E-state index in [1.807, 2.05) is 18.2 Å². The molecule has 2 N–H and O–H groups in total. The molecular weight excluding hydrogens is 440 g/mol. The molecule has 31 heavy (non-hydrogen) atoms. The van der Waals surface area contributed by atoms with E-state index in [0.29, 0.717) is 18.1 Å². The van der Waals surface area contributed by atoms with Gasteiger partial charge in [0.2, 0.25) is 0 Å². The minimum Gasteiger partial charge on any atom is -0.486 e. The summed E-state index contributed by atoms with van der Waals surface area (Å²) in [5, 5.41) is 2.89. The van der Waals surface area contributed by atoms with Crippen LogP contribution in [-0.2, 0) is 10.0 Å². The van der Waals surface area contributed by atoms with Gasteiger partial charge in [-0.05, 0) is 42.5 Å². The highest BCUT2D eigenvalue weighted by Crippen LogP contribution is 2.30. The monoisotopic (exact) mass is 458 g/mol. The average Bonchev–Trinajstić information content (AvgIpc) is 2.78. The second-order valence-corrected chi connectivity index (χ2v) is 8.91. The summed E-state index contributed by atoms with van der Waals surface area (Å²) in [5.41, 5.74) is 0.479. The van der Waals surface area contributed by atoms with Crippen LogP contribution in [0.2, 0.25) is 5.02 Å². The Labute approximate surface area is 185 Å². The van der Waals surface area contributed by atoms with Crippen LogP contribution in [0, 0.1) is 0 Å². The van der Waals surface area contributed by atoms with Crippen LogP contribution in [0.15, 0.2) is 77.7 Å². The number of sulfonamides is 1. The van der Waals surface area contributed by atoms with Crippen molar-refractivity contribution in [3.63, 3.8) is 0 Å². The molecule has 0 aliphatic carbocycles. The summed E-state index contributed by atoms with van der Waals surface area (Å²) in [7, 11) is -3.75. The van der Waals surface area contributed by atoms with E-state index in [1.54, 1.807) is 24.3 Å². The van der Waals surface area contributed by atoms with E-state index in [4.69, 9.17) is 21.1 Å². The fourth-order valence-electron chi connectivity index (χ4n) is 3.04. The molecule has 0 saturated carbocycles. The van der Waals surface area contributed by atoms with Gasteiger partial charge in [-0.3, -0.25) is 9.52 Å². The molecule has 1 heterocycles. The molecule has 0 radical (unpaired) electrons. The molecule has 9 heteroatoms. The van der Waals surface area contributed by atoms with Crippen molar-refractivity contribution < 1.29 is 22.7 Å². The lowest BCUT2D eigenvalue weighted by Gasteiger charge is -2.26. The maximum Gasteiger partial charge on any atom is 0.261 e. The number of fused-ring (bicyclic) bond motifs is 1. The lowest BCUT2D eigenvalue weighted by Crippen LogP contribution is -2.40. The smallest absolute Gasteiger partial charge is 0.261 e. The van der Waals surface area contributed by atoms with Crippen LogP contribution in [0.25, 0.3) is 0 Å². The van der Waals surface area contributed by atoms with E-state index in [1.165, 1.54) is 30.3 Å². The first-order chi connectivity index (χ1) is 14.9. The molecule has 0 saturated heterocycles. The van der Waals surface area contributed by atoms with Gasteiger partial charge in [0.1, 0.15) is 12.7 Å². The number of carbonyl (C=O) groups excluding carboxylic acids is 1. The summed E-state index contributed by atoms with van der Waals surface area (Å²) >= 11 is 6.24. The second kappa shape index (κ2) is 8.87. The number of amides is 1. The van der Waals surface area contributed by atoms with Crippen molar-refractivity contribution in [2.24, 2.45) is 0 Å². The number of nitrogens with one attached hydrogen (secondary N) is 2. The number of rotatable bonds is 6. The highest BCUT2D eigenvalue weighted by molar-refractivity contribution is 7.92. The Morgan fingerprint density at radius 3 is 2.45 bits per heavy atom. The van der Waals surface area contributed by atoms with Crippen molar-refractivity contribution in [2.75, 3.05) is 17.9 Å². The summed E-state index contributed by atoms with van der Waals surface area (Å²) in [6.07, 6.45) is -0.338. The van der Waals surface area contributed by atoms with Gasteiger partial charge in [0.15, 0.2) is 11.5 Å². The molecule has 4 rings (SSSR count). The van der Waals surface area contributed by atoms with Crippen LogP contribution >= 0.6 is 11.6 Å². The fraction of sp³-hybridized carbons (Fsp3) is 0.136. The molecule has 7 nitrogen and oxygen atoms in total. The van der Waals surface area contributed by atoms with E-state index in [0.717, 1.165) is 0 Å². The molecular formula is C22H19ClN2O5S. The van der Waals surface area contributed by atoms with Crippen molar-refractivity contribution in [3.05, 3.63) is 83.4 Å². The minimum absolute atomic E-state index is 0.122. The van der Waals surface area contributed by atoms with Gasteiger partial charge in [-0.15, -0.1) is 0 Å². The summed E-state index contributed by atoms with van der Waals surface area (Å²) in [6.45, 7) is 0.539. The highest BCUT2D eigenvalue weighted by Gasteiger charge is 2.22. The molecule has 0 bridgehead atoms. The number of anilines is 1. The number of halogens is 1. The van der Waals surface area contributed by atoms with Crippen LogP contribution in [0.5, 0.6) is 11.5 Å². The molecule has 3 aromatic carbocycles. The van der Waals surface area contributed by atoms with Gasteiger partial charge in [0.05, 0.1) is 27.7 Å². The maximum absolute atomic E-state index is 12.5. The quantitative estimate of drug-likeness (QED) is 0.587. The molecule has 0 aromatic heterocycles. The predicted octanol–water partition coefficient (Wildman–Crippen LogP) is 3.71. The van der Waals surface area contributed by atoms with Crippen molar-refractivity contribution in [1.82, 2.24) is 5.32 Å². The Balaban J connectivity index is 1.38. The minimum atomic E-state index is -3.75. The van der Waals surface area contributed by atoms with E-state index >= 15 is 0 Å². The third-order valence-corrected chi connectivity index (χ3v) is 6.29. The first kappa shape index (κ1) is 21.0. The van der Waals surface area contributed by atoms with Crippen molar-refractivity contribution in [2.45, 2.75) is 11.0 Å². The molecule has 0 spiro atoms. The third-order valence-electron chi connectivity index (χ3n) is 4.58. The largest absolute Gasteiger partial charge is 0.486 e. The van der Waals surface area contributed by atoms with Gasteiger partial charge < -0.3 is 14.8 Å². The SMILES string of the molecule is O=C(NCC1COc2ccccc2O1)c1ccc(NS(=O)(=O)c2ccccc2)cc1Cl. The molecule has 1 atom stereocenters. The predicted molar refractivity (Wildman–Crippen MR) is 117 cm³/mol. The number of ether oxygens (including phenoxy) is 2. The summed E-state index contributed by atoms with van der Waals surface area (Å²) in [6, 6.07) is 19.6. The molecule has 1 amide bonds. The van der Waals surface area contributed by atoms with Crippen LogP contribution < -0.4 is 19.5 Å². The highest BCUT2D eigenvalue weighted by atomic mass is 35.5. The van der Waals surface area contributed by atoms with Crippen LogP contribution in [0.4, 0.5) is 5.69 Å². The van der Waals surface area contributed by atoms with Crippen molar-refractivity contribution >= 4 is 33.2 Å². The van der Waals surface area contributed by atoms with Crippen molar-refractivity contribution in [3.8, 4) is 11.5 Å². The van der Waals surface area contributed by atoms with Gasteiger partial charge in [-0.25, -0.2) is 8.42 Å². The van der Waals surface area contributed by atoms with Gasteiger partial charge >= 0.3 is 0 Å². The van der Waals surface area contributed by atoms with E-state index < -0.39 is 15.9 Å². The summed E-state index contributed by atoms with van der Waals surface area (Å²) < 4.78 is 38.8. The summed E-state index contributed by atoms with van der Waals surface area (Å²) in [5.74, 6) is 0.896. The Morgan fingerprint density at radius 2 is 1.71 bits per heavy atom. The number of hydrogen-bond donors (Lipinski definition) is 2. The average molecular weight is 459 g/mol. The van der Waals surface area contributed by atoms with Crippen molar-refractivity contribution in [1.29, 1.82) is 0 Å². The molecule has 1 aliphatic rings. The normalized spacial score (nSPS) is 15.2. The first-order valence-corrected chi connectivity index (χ1v) is 11.3. The zero-order valence-corrected chi connectivity index (χ0v) is 17.8. The number of para-hydroxylation sites is 2. The first-order valence-electron chi connectivity index (χ1n) is 9.46. The van der Waals surface area contributed by atoms with Crippen LogP contribution in [0.3, 0.4) is 0 Å². The lowest BCUT2D eigenvalue weighted by atomic mass is 10.2. The number of benzene rings is 3. The van der Waals surface area contributed by atoms with Gasteiger partial charge in [0.25, 0.3) is 15.9 Å². The Kier molecular flexibility index (Phi) is 6.01. The maximum atomic E-state index is 12.5. The van der Waals surface area contributed by atoms with Crippen LogP contribution in [-0.4, -0.2) is 33.6 Å². The van der Waals surface area contributed by atoms with Crippen LogP contribution in [0.1, 0.15) is 10.4 Å². The Hall–Kier alpha value is -3.23. The standard InChI is InChI=1S/C22H19ClN2O5S/c23-19-12-15(25-31(27,28)17-6-2-1-3-7-17)10-11-18(19)22(26)24-13-16-14-29-20-8-4-5-9-21(20)30-16/h1-12,16,25H,13-14H2,(H,24,26). The van der Waals surface area contributed by atoms with E-state index in [-0.39, 0.29) is 33.8 Å².